The van der Waals surface area contributed by atoms with Crippen LogP contribution in [0.5, 0.6) is 11.5 Å². The maximum Gasteiger partial charge on any atom is 0.225 e. The Labute approximate surface area is 136 Å². The number of para-hydroxylation sites is 1. The first-order chi connectivity index (χ1) is 11.2. The SMILES string of the molecule is CCCCC(=O)Nc1ccnn1Cc1cccc(OC)c1OC. The average molecular weight is 317 g/mol. The molecule has 1 aromatic carbocycles. The molecule has 1 heterocycles. The van der Waals surface area contributed by atoms with Gasteiger partial charge in [-0.15, -0.1) is 0 Å². The summed E-state index contributed by atoms with van der Waals surface area (Å²) in [5.41, 5.74) is 0.930. The standard InChI is InChI=1S/C17H23N3O3/c1-4-5-9-16(21)19-15-10-11-18-20(15)12-13-7-6-8-14(22-2)17(13)23-3/h6-8,10-11H,4-5,9,12H2,1-3H3,(H,19,21). The summed E-state index contributed by atoms with van der Waals surface area (Å²) in [6.07, 6.45) is 4.06. The molecule has 0 bridgehead atoms. The molecule has 1 aromatic heterocycles. The molecule has 0 radical (unpaired) electrons. The van der Waals surface area contributed by atoms with Crippen LogP contribution in [0.15, 0.2) is 30.5 Å². The molecule has 1 amide bonds. The van der Waals surface area contributed by atoms with E-state index in [4.69, 9.17) is 9.47 Å². The number of carbonyl (C=O) groups is 1. The van der Waals surface area contributed by atoms with Crippen LogP contribution in [0.25, 0.3) is 0 Å². The number of nitrogens with zero attached hydrogens (tertiary/aromatic N) is 2. The van der Waals surface area contributed by atoms with E-state index in [1.54, 1.807) is 31.2 Å². The fourth-order valence-corrected chi connectivity index (χ4v) is 2.35. The second kappa shape index (κ2) is 8.22. The molecule has 0 spiro atoms. The Bertz CT molecular complexity index is 652. The van der Waals surface area contributed by atoms with Gasteiger partial charge in [0.1, 0.15) is 5.82 Å². The van der Waals surface area contributed by atoms with Gasteiger partial charge in [-0.1, -0.05) is 25.5 Å². The van der Waals surface area contributed by atoms with Crippen molar-refractivity contribution in [2.75, 3.05) is 19.5 Å². The third-order valence-corrected chi connectivity index (χ3v) is 3.55. The fraction of sp³-hybridized carbons (Fsp3) is 0.412. The average Bonchev–Trinajstić information content (AvgIpc) is 2.99. The Morgan fingerprint density at radius 1 is 1.26 bits per heavy atom. The van der Waals surface area contributed by atoms with Crippen LogP contribution in [0.4, 0.5) is 5.82 Å². The number of aromatic nitrogens is 2. The van der Waals surface area contributed by atoms with E-state index in [0.717, 1.165) is 18.4 Å². The van der Waals surface area contributed by atoms with Crippen molar-refractivity contribution in [2.24, 2.45) is 0 Å². The first-order valence-electron chi connectivity index (χ1n) is 7.71. The lowest BCUT2D eigenvalue weighted by molar-refractivity contribution is -0.116. The summed E-state index contributed by atoms with van der Waals surface area (Å²) in [6.45, 7) is 2.55. The summed E-state index contributed by atoms with van der Waals surface area (Å²) < 4.78 is 12.5. The van der Waals surface area contributed by atoms with Gasteiger partial charge >= 0.3 is 0 Å². The molecule has 0 aliphatic carbocycles. The monoisotopic (exact) mass is 317 g/mol. The number of ether oxygens (including phenoxy) is 2. The normalized spacial score (nSPS) is 10.4. The molecule has 6 nitrogen and oxygen atoms in total. The molecule has 0 saturated carbocycles. The Morgan fingerprint density at radius 3 is 2.78 bits per heavy atom. The van der Waals surface area contributed by atoms with Crippen LogP contribution in [0.2, 0.25) is 0 Å². The molecule has 1 N–H and O–H groups in total. The first-order valence-corrected chi connectivity index (χ1v) is 7.71. The minimum atomic E-state index is 0.00575. The summed E-state index contributed by atoms with van der Waals surface area (Å²) in [6, 6.07) is 7.49. The van der Waals surface area contributed by atoms with Crippen LogP contribution in [0.3, 0.4) is 0 Å². The highest BCUT2D eigenvalue weighted by atomic mass is 16.5. The Balaban J connectivity index is 2.16. The van der Waals surface area contributed by atoms with Crippen molar-refractivity contribution in [1.82, 2.24) is 9.78 Å². The van der Waals surface area contributed by atoms with Crippen molar-refractivity contribution in [3.8, 4) is 11.5 Å². The number of hydrogen-bond acceptors (Lipinski definition) is 4. The van der Waals surface area contributed by atoms with Gasteiger partial charge in [0.25, 0.3) is 0 Å². The van der Waals surface area contributed by atoms with E-state index in [-0.39, 0.29) is 5.91 Å². The molecule has 2 aromatic rings. The highest BCUT2D eigenvalue weighted by molar-refractivity contribution is 5.89. The number of unbranched alkanes of at least 4 members (excludes halogenated alkanes) is 1. The van der Waals surface area contributed by atoms with Gasteiger partial charge in [-0.3, -0.25) is 4.79 Å². The Morgan fingerprint density at radius 2 is 2.09 bits per heavy atom. The van der Waals surface area contributed by atoms with Crippen LogP contribution in [-0.4, -0.2) is 29.9 Å². The molecule has 0 fully saturated rings. The van der Waals surface area contributed by atoms with Crippen molar-refractivity contribution in [3.63, 3.8) is 0 Å². The van der Waals surface area contributed by atoms with Crippen molar-refractivity contribution in [1.29, 1.82) is 0 Å². The lowest BCUT2D eigenvalue weighted by Gasteiger charge is -2.14. The molecule has 0 aliphatic rings. The molecule has 0 saturated heterocycles. The molecule has 0 atom stereocenters. The highest BCUT2D eigenvalue weighted by Gasteiger charge is 2.13. The first kappa shape index (κ1) is 16.9. The van der Waals surface area contributed by atoms with Gasteiger partial charge in [0.15, 0.2) is 11.5 Å². The van der Waals surface area contributed by atoms with Gasteiger partial charge in [0.2, 0.25) is 5.91 Å². The smallest absolute Gasteiger partial charge is 0.225 e. The number of nitrogens with one attached hydrogen (secondary N) is 1. The Kier molecular flexibility index (Phi) is 6.02. The summed E-state index contributed by atoms with van der Waals surface area (Å²) in [5, 5.41) is 7.18. The van der Waals surface area contributed by atoms with E-state index >= 15 is 0 Å². The molecule has 0 aliphatic heterocycles. The summed E-state index contributed by atoms with van der Waals surface area (Å²) in [7, 11) is 3.22. The van der Waals surface area contributed by atoms with Gasteiger partial charge in [0.05, 0.1) is 27.0 Å². The maximum absolute atomic E-state index is 11.9. The molecular weight excluding hydrogens is 294 g/mol. The number of methoxy groups -OCH3 is 2. The van der Waals surface area contributed by atoms with Crippen molar-refractivity contribution in [3.05, 3.63) is 36.0 Å². The summed E-state index contributed by atoms with van der Waals surface area (Å²) in [5.74, 6) is 2.03. The van der Waals surface area contributed by atoms with Crippen LogP contribution in [0.1, 0.15) is 31.7 Å². The molecule has 0 unspecified atom stereocenters. The second-order valence-corrected chi connectivity index (χ2v) is 5.18. The topological polar surface area (TPSA) is 65.4 Å². The minimum absolute atomic E-state index is 0.00575. The number of anilines is 1. The van der Waals surface area contributed by atoms with Crippen molar-refractivity contribution in [2.45, 2.75) is 32.7 Å². The number of benzene rings is 1. The van der Waals surface area contributed by atoms with Gasteiger partial charge in [0, 0.05) is 18.1 Å². The van der Waals surface area contributed by atoms with Gasteiger partial charge < -0.3 is 14.8 Å². The predicted octanol–water partition coefficient (Wildman–Crippen LogP) is 3.08. The van der Waals surface area contributed by atoms with E-state index in [1.165, 1.54) is 0 Å². The third-order valence-electron chi connectivity index (χ3n) is 3.55. The van der Waals surface area contributed by atoms with Gasteiger partial charge in [-0.2, -0.15) is 5.10 Å². The quantitative estimate of drug-likeness (QED) is 0.812. The lowest BCUT2D eigenvalue weighted by Crippen LogP contribution is -2.16. The molecule has 124 valence electrons. The maximum atomic E-state index is 11.9. The number of amides is 1. The van der Waals surface area contributed by atoms with Crippen LogP contribution >= 0.6 is 0 Å². The largest absolute Gasteiger partial charge is 0.493 e. The zero-order valence-electron chi connectivity index (χ0n) is 13.8. The van der Waals surface area contributed by atoms with E-state index in [2.05, 4.69) is 17.3 Å². The molecular formula is C17H23N3O3. The predicted molar refractivity (Wildman–Crippen MR) is 89.0 cm³/mol. The van der Waals surface area contributed by atoms with Crippen LogP contribution in [-0.2, 0) is 11.3 Å². The molecule has 23 heavy (non-hydrogen) atoms. The fourth-order valence-electron chi connectivity index (χ4n) is 2.35. The highest BCUT2D eigenvalue weighted by Crippen LogP contribution is 2.31. The lowest BCUT2D eigenvalue weighted by atomic mass is 10.2. The van der Waals surface area contributed by atoms with Crippen LogP contribution < -0.4 is 14.8 Å². The van der Waals surface area contributed by atoms with E-state index in [9.17, 15) is 4.79 Å². The summed E-state index contributed by atoms with van der Waals surface area (Å²) in [4.78, 5) is 11.9. The zero-order chi connectivity index (χ0) is 16.7. The van der Waals surface area contributed by atoms with Gasteiger partial charge in [-0.05, 0) is 12.5 Å². The van der Waals surface area contributed by atoms with Crippen molar-refractivity contribution >= 4 is 11.7 Å². The number of rotatable bonds is 8. The Hall–Kier alpha value is -2.50. The van der Waals surface area contributed by atoms with E-state index in [1.807, 2.05) is 18.2 Å². The number of carbonyl (C=O) groups excluding carboxylic acids is 1. The number of hydrogen-bond donors (Lipinski definition) is 1. The van der Waals surface area contributed by atoms with Crippen LogP contribution in [0, 0.1) is 0 Å². The van der Waals surface area contributed by atoms with Gasteiger partial charge in [-0.25, -0.2) is 4.68 Å². The van der Waals surface area contributed by atoms with E-state index in [0.29, 0.717) is 30.3 Å². The third kappa shape index (κ3) is 4.25. The van der Waals surface area contributed by atoms with E-state index < -0.39 is 0 Å². The molecule has 2 rings (SSSR count). The summed E-state index contributed by atoms with van der Waals surface area (Å²) >= 11 is 0. The van der Waals surface area contributed by atoms with Crippen molar-refractivity contribution < 1.29 is 14.3 Å². The zero-order valence-corrected chi connectivity index (χ0v) is 13.8. The minimum Gasteiger partial charge on any atom is -0.493 e. The second-order valence-electron chi connectivity index (χ2n) is 5.18. The molecule has 6 heteroatoms.